The predicted octanol–water partition coefficient (Wildman–Crippen LogP) is 4.96. The van der Waals surface area contributed by atoms with Crippen LogP contribution in [-0.4, -0.2) is 49.1 Å². The number of ether oxygens (including phenoxy) is 4. The minimum absolute atomic E-state index is 0.00127. The van der Waals surface area contributed by atoms with Crippen molar-refractivity contribution in [2.45, 2.75) is 6.10 Å². The third-order valence-corrected chi connectivity index (χ3v) is 5.37. The van der Waals surface area contributed by atoms with E-state index in [2.05, 4.69) is 0 Å². The van der Waals surface area contributed by atoms with E-state index in [4.69, 9.17) is 30.5 Å². The van der Waals surface area contributed by atoms with Gasteiger partial charge in [-0.3, -0.25) is 14.9 Å². The normalized spacial score (nSPS) is 14.3. The second-order valence-electron chi connectivity index (χ2n) is 7.52. The first-order valence-corrected chi connectivity index (χ1v) is 10.7. The average molecular weight is 485 g/mol. The van der Waals surface area contributed by atoms with Crippen molar-refractivity contribution >= 4 is 23.2 Å². The lowest BCUT2D eigenvalue weighted by atomic mass is 10.1. The summed E-state index contributed by atoms with van der Waals surface area (Å²) in [5, 5.41) is 11.5. The smallest absolute Gasteiger partial charge is 0.313 e. The predicted molar refractivity (Wildman–Crippen MR) is 124 cm³/mol. The van der Waals surface area contributed by atoms with Gasteiger partial charge in [-0.1, -0.05) is 23.7 Å². The molecular weight excluding hydrogens is 464 g/mol. The summed E-state index contributed by atoms with van der Waals surface area (Å²) in [6, 6.07) is 16.1. The number of halogens is 1. The van der Waals surface area contributed by atoms with Crippen molar-refractivity contribution in [1.29, 1.82) is 0 Å². The Morgan fingerprint density at radius 3 is 2.59 bits per heavy atom. The fourth-order valence-corrected chi connectivity index (χ4v) is 3.65. The highest BCUT2D eigenvalue weighted by atomic mass is 35.5. The van der Waals surface area contributed by atoms with Crippen LogP contribution < -0.4 is 18.9 Å². The highest BCUT2D eigenvalue weighted by molar-refractivity contribution is 6.30. The van der Waals surface area contributed by atoms with Crippen molar-refractivity contribution in [3.63, 3.8) is 0 Å². The SMILES string of the molecule is COc1cc(C(=O)N(C)CC2COc3ccccc3O2)ccc1Oc1ccc(Cl)cc1[N+](=O)[O-]. The number of nitrogens with zero attached hydrogens (tertiary/aromatic N) is 2. The number of nitro groups is 1. The number of rotatable bonds is 7. The third kappa shape index (κ3) is 4.99. The second-order valence-corrected chi connectivity index (χ2v) is 7.96. The molecule has 0 saturated heterocycles. The van der Waals surface area contributed by atoms with Crippen LogP contribution in [-0.2, 0) is 0 Å². The Kier molecular flexibility index (Phi) is 6.74. The monoisotopic (exact) mass is 484 g/mol. The molecule has 0 aromatic heterocycles. The van der Waals surface area contributed by atoms with E-state index in [1.807, 2.05) is 24.3 Å². The van der Waals surface area contributed by atoms with E-state index in [1.165, 1.54) is 42.3 Å². The van der Waals surface area contributed by atoms with E-state index < -0.39 is 4.92 Å². The molecule has 10 heteroatoms. The van der Waals surface area contributed by atoms with Crippen LogP contribution >= 0.6 is 11.6 Å². The van der Waals surface area contributed by atoms with Gasteiger partial charge in [0.2, 0.25) is 5.75 Å². The zero-order valence-corrected chi connectivity index (χ0v) is 19.2. The summed E-state index contributed by atoms with van der Waals surface area (Å²) in [5.41, 5.74) is 0.0696. The molecule has 1 atom stereocenters. The van der Waals surface area contributed by atoms with Gasteiger partial charge in [0.05, 0.1) is 18.6 Å². The number of likely N-dealkylation sites (N-methyl/N-ethyl adjacent to an activating group) is 1. The van der Waals surface area contributed by atoms with Gasteiger partial charge < -0.3 is 23.8 Å². The molecular formula is C24H21ClN2O7. The van der Waals surface area contributed by atoms with Gasteiger partial charge in [0.15, 0.2) is 29.1 Å². The number of hydrogen-bond donors (Lipinski definition) is 0. The van der Waals surface area contributed by atoms with Crippen LogP contribution in [0.1, 0.15) is 10.4 Å². The standard InChI is InChI=1S/C24H21ClN2O7/c1-26(13-17-14-32-20-5-3-4-6-21(20)33-17)24(28)15-7-9-22(23(11-15)31-2)34-19-10-8-16(25)12-18(19)27(29)30/h3-12,17H,13-14H2,1-2H3. The number of amides is 1. The summed E-state index contributed by atoms with van der Waals surface area (Å²) in [7, 11) is 3.08. The number of carbonyl (C=O) groups excluding carboxylic acids is 1. The first kappa shape index (κ1) is 23.2. The molecule has 4 rings (SSSR count). The fraction of sp³-hybridized carbons (Fsp3) is 0.208. The molecule has 0 spiro atoms. The topological polar surface area (TPSA) is 100 Å². The van der Waals surface area contributed by atoms with Gasteiger partial charge >= 0.3 is 5.69 Å². The molecule has 9 nitrogen and oxygen atoms in total. The van der Waals surface area contributed by atoms with Crippen molar-refractivity contribution in [2.75, 3.05) is 27.3 Å². The van der Waals surface area contributed by atoms with Crippen molar-refractivity contribution < 1.29 is 28.7 Å². The van der Waals surface area contributed by atoms with E-state index in [9.17, 15) is 14.9 Å². The maximum atomic E-state index is 13.0. The Morgan fingerprint density at radius 2 is 1.85 bits per heavy atom. The van der Waals surface area contributed by atoms with Gasteiger partial charge in [-0.25, -0.2) is 0 Å². The van der Waals surface area contributed by atoms with Crippen LogP contribution in [0.25, 0.3) is 0 Å². The highest BCUT2D eigenvalue weighted by Gasteiger charge is 2.25. The summed E-state index contributed by atoms with van der Waals surface area (Å²) in [4.78, 5) is 25.3. The summed E-state index contributed by atoms with van der Waals surface area (Å²) in [6.45, 7) is 0.634. The molecule has 3 aromatic rings. The fourth-order valence-electron chi connectivity index (χ4n) is 3.48. The van der Waals surface area contributed by atoms with Crippen LogP contribution in [0.3, 0.4) is 0 Å². The molecule has 0 bridgehead atoms. The number of hydrogen-bond acceptors (Lipinski definition) is 7. The number of fused-ring (bicyclic) bond motifs is 1. The molecule has 0 fully saturated rings. The number of methoxy groups -OCH3 is 1. The summed E-state index contributed by atoms with van der Waals surface area (Å²) in [6.07, 6.45) is -0.321. The zero-order valence-electron chi connectivity index (χ0n) is 18.4. The van der Waals surface area contributed by atoms with E-state index in [0.717, 1.165) is 0 Å². The Morgan fingerprint density at radius 1 is 1.12 bits per heavy atom. The average Bonchev–Trinajstić information content (AvgIpc) is 2.84. The molecule has 1 aliphatic rings. The molecule has 3 aromatic carbocycles. The highest BCUT2D eigenvalue weighted by Crippen LogP contribution is 2.38. The molecule has 1 heterocycles. The lowest BCUT2D eigenvalue weighted by Gasteiger charge is -2.29. The number of para-hydroxylation sites is 2. The van der Waals surface area contributed by atoms with Crippen molar-refractivity contribution in [3.8, 4) is 28.7 Å². The van der Waals surface area contributed by atoms with E-state index in [-0.39, 0.29) is 40.0 Å². The number of carbonyl (C=O) groups is 1. The molecule has 0 radical (unpaired) electrons. The summed E-state index contributed by atoms with van der Waals surface area (Å²) >= 11 is 5.86. The minimum atomic E-state index is -0.587. The number of nitro benzene ring substituents is 1. The van der Waals surface area contributed by atoms with Crippen molar-refractivity contribution in [3.05, 3.63) is 81.4 Å². The van der Waals surface area contributed by atoms with Crippen molar-refractivity contribution in [2.24, 2.45) is 0 Å². The van der Waals surface area contributed by atoms with Crippen LogP contribution in [0.15, 0.2) is 60.7 Å². The van der Waals surface area contributed by atoms with E-state index >= 15 is 0 Å². The summed E-state index contributed by atoms with van der Waals surface area (Å²) in [5.74, 6) is 1.51. The Hall–Kier alpha value is -3.98. The second kappa shape index (κ2) is 9.88. The molecule has 0 saturated carbocycles. The molecule has 34 heavy (non-hydrogen) atoms. The van der Waals surface area contributed by atoms with Gasteiger partial charge in [0.1, 0.15) is 6.61 Å². The Labute approximate surface area is 200 Å². The lowest BCUT2D eigenvalue weighted by Crippen LogP contribution is -2.41. The van der Waals surface area contributed by atoms with Crippen molar-refractivity contribution in [1.82, 2.24) is 4.90 Å². The molecule has 1 amide bonds. The zero-order chi connectivity index (χ0) is 24.2. The van der Waals surface area contributed by atoms with Crippen LogP contribution in [0.2, 0.25) is 5.02 Å². The van der Waals surface area contributed by atoms with Crippen LogP contribution in [0, 0.1) is 10.1 Å². The molecule has 0 aliphatic carbocycles. The van der Waals surface area contributed by atoms with Gasteiger partial charge in [0, 0.05) is 23.7 Å². The van der Waals surface area contributed by atoms with Gasteiger partial charge in [-0.2, -0.15) is 0 Å². The minimum Gasteiger partial charge on any atom is -0.493 e. The van der Waals surface area contributed by atoms with E-state index in [0.29, 0.717) is 30.2 Å². The quantitative estimate of drug-likeness (QED) is 0.345. The third-order valence-electron chi connectivity index (χ3n) is 5.14. The van der Waals surface area contributed by atoms with Gasteiger partial charge in [0.25, 0.3) is 5.91 Å². The molecule has 1 aliphatic heterocycles. The van der Waals surface area contributed by atoms with Gasteiger partial charge in [-0.05, 0) is 42.5 Å². The Bertz CT molecular complexity index is 1230. The lowest BCUT2D eigenvalue weighted by molar-refractivity contribution is -0.385. The maximum Gasteiger partial charge on any atom is 0.313 e. The molecule has 1 unspecified atom stereocenters. The summed E-state index contributed by atoms with van der Waals surface area (Å²) < 4.78 is 22.7. The molecule has 176 valence electrons. The molecule has 0 N–H and O–H groups in total. The van der Waals surface area contributed by atoms with E-state index in [1.54, 1.807) is 13.1 Å². The Balaban J connectivity index is 1.48. The first-order chi connectivity index (χ1) is 16.4. The number of benzene rings is 3. The van der Waals surface area contributed by atoms with Crippen LogP contribution in [0.4, 0.5) is 5.69 Å². The maximum absolute atomic E-state index is 13.0. The largest absolute Gasteiger partial charge is 0.493 e. The van der Waals surface area contributed by atoms with Gasteiger partial charge in [-0.15, -0.1) is 0 Å². The van der Waals surface area contributed by atoms with Crippen LogP contribution in [0.5, 0.6) is 28.7 Å². The first-order valence-electron chi connectivity index (χ1n) is 10.3.